The standard InChI is InChI=1S/C19H15Br2NO3S2/c1-3-25-17-14(20)8-11(9-15(17)21)10-16-18(23)22(19(26)27-16)12-4-6-13(24-2)7-5-12/h4-10H,3H2,1-2H3/b16-10-. The Kier molecular flexibility index (Phi) is 6.62. The molecular weight excluding hydrogens is 514 g/mol. The molecule has 140 valence electrons. The average Bonchev–Trinajstić information content (AvgIpc) is 2.92. The quantitative estimate of drug-likeness (QED) is 0.350. The van der Waals surface area contributed by atoms with E-state index in [0.717, 1.165) is 31.7 Å². The van der Waals surface area contributed by atoms with Crippen LogP contribution in [0.25, 0.3) is 6.08 Å². The molecule has 27 heavy (non-hydrogen) atoms. The summed E-state index contributed by atoms with van der Waals surface area (Å²) in [7, 11) is 1.60. The fourth-order valence-corrected chi connectivity index (χ4v) is 5.27. The molecule has 0 aliphatic carbocycles. The Hall–Kier alpha value is -1.35. The molecular formula is C19H15Br2NO3S2. The van der Waals surface area contributed by atoms with Gasteiger partial charge < -0.3 is 9.47 Å². The predicted octanol–water partition coefficient (Wildman–Crippen LogP) is 6.02. The molecule has 0 unspecified atom stereocenters. The minimum atomic E-state index is -0.142. The van der Waals surface area contributed by atoms with E-state index in [1.165, 1.54) is 16.7 Å². The smallest absolute Gasteiger partial charge is 0.270 e. The number of amides is 1. The number of rotatable bonds is 5. The van der Waals surface area contributed by atoms with E-state index in [4.69, 9.17) is 21.7 Å². The molecule has 0 N–H and O–H groups in total. The van der Waals surface area contributed by atoms with Crippen LogP contribution in [0, 0.1) is 0 Å². The lowest BCUT2D eigenvalue weighted by Crippen LogP contribution is -2.27. The van der Waals surface area contributed by atoms with Gasteiger partial charge in [0.1, 0.15) is 11.5 Å². The lowest BCUT2D eigenvalue weighted by molar-refractivity contribution is -0.113. The Morgan fingerprint density at radius 2 is 1.81 bits per heavy atom. The Labute approximate surface area is 184 Å². The highest BCUT2D eigenvalue weighted by Crippen LogP contribution is 2.39. The zero-order valence-corrected chi connectivity index (χ0v) is 19.3. The highest BCUT2D eigenvalue weighted by molar-refractivity contribution is 9.11. The number of carbonyl (C=O) groups excluding carboxylic acids is 1. The molecule has 0 atom stereocenters. The zero-order chi connectivity index (χ0) is 19.6. The first-order valence-corrected chi connectivity index (χ1v) is 10.8. The van der Waals surface area contributed by atoms with Gasteiger partial charge in [-0.05, 0) is 86.8 Å². The minimum absolute atomic E-state index is 0.142. The molecule has 2 aromatic carbocycles. The van der Waals surface area contributed by atoms with Crippen molar-refractivity contribution in [3.63, 3.8) is 0 Å². The Morgan fingerprint density at radius 1 is 1.19 bits per heavy atom. The molecule has 0 radical (unpaired) electrons. The van der Waals surface area contributed by atoms with Gasteiger partial charge in [-0.25, -0.2) is 0 Å². The van der Waals surface area contributed by atoms with Gasteiger partial charge in [0, 0.05) is 0 Å². The van der Waals surface area contributed by atoms with Gasteiger partial charge >= 0.3 is 0 Å². The summed E-state index contributed by atoms with van der Waals surface area (Å²) in [6, 6.07) is 11.1. The monoisotopic (exact) mass is 527 g/mol. The summed E-state index contributed by atoms with van der Waals surface area (Å²) >= 11 is 13.7. The van der Waals surface area contributed by atoms with Gasteiger partial charge in [0.05, 0.1) is 33.3 Å². The van der Waals surface area contributed by atoms with Gasteiger partial charge in [-0.3, -0.25) is 9.69 Å². The summed E-state index contributed by atoms with van der Waals surface area (Å²) in [6.07, 6.45) is 1.83. The molecule has 0 bridgehead atoms. The fraction of sp³-hybridized carbons (Fsp3) is 0.158. The third-order valence-corrected chi connectivity index (χ3v) is 6.21. The van der Waals surface area contributed by atoms with Crippen LogP contribution >= 0.6 is 55.8 Å². The lowest BCUT2D eigenvalue weighted by atomic mass is 10.2. The van der Waals surface area contributed by atoms with Crippen molar-refractivity contribution >= 4 is 77.8 Å². The maximum absolute atomic E-state index is 12.9. The van der Waals surface area contributed by atoms with Gasteiger partial charge in [-0.1, -0.05) is 24.0 Å². The normalized spacial score (nSPS) is 15.6. The molecule has 1 aliphatic heterocycles. The second-order valence-corrected chi connectivity index (χ2v) is 8.85. The van der Waals surface area contributed by atoms with E-state index >= 15 is 0 Å². The number of anilines is 1. The first-order chi connectivity index (χ1) is 12.9. The van der Waals surface area contributed by atoms with E-state index in [9.17, 15) is 4.79 Å². The number of thioether (sulfide) groups is 1. The van der Waals surface area contributed by atoms with Crippen LogP contribution in [0.2, 0.25) is 0 Å². The number of hydrogen-bond donors (Lipinski definition) is 0. The molecule has 1 aliphatic rings. The summed E-state index contributed by atoms with van der Waals surface area (Å²) < 4.78 is 12.9. The number of halogens is 2. The average molecular weight is 529 g/mol. The van der Waals surface area contributed by atoms with Crippen molar-refractivity contribution in [3.8, 4) is 11.5 Å². The van der Waals surface area contributed by atoms with Gasteiger partial charge in [-0.15, -0.1) is 0 Å². The minimum Gasteiger partial charge on any atom is -0.497 e. The van der Waals surface area contributed by atoms with Crippen LogP contribution in [0.1, 0.15) is 12.5 Å². The first-order valence-electron chi connectivity index (χ1n) is 7.98. The Balaban J connectivity index is 1.90. The second kappa shape index (κ2) is 8.77. The molecule has 1 fully saturated rings. The number of hydrogen-bond acceptors (Lipinski definition) is 5. The molecule has 2 aromatic rings. The van der Waals surface area contributed by atoms with Crippen molar-refractivity contribution in [3.05, 3.63) is 55.8 Å². The predicted molar refractivity (Wildman–Crippen MR) is 122 cm³/mol. The molecule has 4 nitrogen and oxygen atoms in total. The van der Waals surface area contributed by atoms with Gasteiger partial charge in [0.25, 0.3) is 5.91 Å². The summed E-state index contributed by atoms with van der Waals surface area (Å²) in [4.78, 5) is 15.0. The van der Waals surface area contributed by atoms with Crippen LogP contribution in [0.15, 0.2) is 50.2 Å². The highest BCUT2D eigenvalue weighted by atomic mass is 79.9. The maximum Gasteiger partial charge on any atom is 0.270 e. The fourth-order valence-electron chi connectivity index (χ4n) is 2.52. The number of benzene rings is 2. The van der Waals surface area contributed by atoms with Gasteiger partial charge in [-0.2, -0.15) is 0 Å². The summed E-state index contributed by atoms with van der Waals surface area (Å²) in [5.41, 5.74) is 1.59. The number of ether oxygens (including phenoxy) is 2. The van der Waals surface area contributed by atoms with Crippen molar-refractivity contribution in [2.45, 2.75) is 6.92 Å². The Bertz CT molecular complexity index is 906. The van der Waals surface area contributed by atoms with Crippen molar-refractivity contribution in [2.24, 2.45) is 0 Å². The molecule has 0 saturated carbocycles. The second-order valence-electron chi connectivity index (χ2n) is 5.46. The van der Waals surface area contributed by atoms with Gasteiger partial charge in [0.2, 0.25) is 0 Å². The van der Waals surface area contributed by atoms with Gasteiger partial charge in [0.15, 0.2) is 4.32 Å². The van der Waals surface area contributed by atoms with Crippen LogP contribution in [0.4, 0.5) is 5.69 Å². The number of nitrogens with zero attached hydrogens (tertiary/aromatic N) is 1. The first kappa shape index (κ1) is 20.4. The van der Waals surface area contributed by atoms with Crippen molar-refractivity contribution in [2.75, 3.05) is 18.6 Å². The highest BCUT2D eigenvalue weighted by Gasteiger charge is 2.33. The Morgan fingerprint density at radius 3 is 2.37 bits per heavy atom. The van der Waals surface area contributed by atoms with E-state index in [0.29, 0.717) is 15.8 Å². The molecule has 1 amide bonds. The number of thiocarbonyl (C=S) groups is 1. The van der Waals surface area contributed by atoms with Crippen LogP contribution in [-0.4, -0.2) is 23.9 Å². The summed E-state index contributed by atoms with van der Waals surface area (Å²) in [5, 5.41) is 0. The van der Waals surface area contributed by atoms with E-state index < -0.39 is 0 Å². The molecule has 1 heterocycles. The third kappa shape index (κ3) is 4.39. The molecule has 0 spiro atoms. The molecule has 8 heteroatoms. The lowest BCUT2D eigenvalue weighted by Gasteiger charge is -2.14. The van der Waals surface area contributed by atoms with E-state index in [1.807, 2.05) is 37.3 Å². The van der Waals surface area contributed by atoms with E-state index in [1.54, 1.807) is 19.2 Å². The van der Waals surface area contributed by atoms with Crippen LogP contribution in [0.3, 0.4) is 0 Å². The van der Waals surface area contributed by atoms with Crippen molar-refractivity contribution < 1.29 is 14.3 Å². The molecule has 3 rings (SSSR count). The van der Waals surface area contributed by atoms with Crippen molar-refractivity contribution in [1.29, 1.82) is 0 Å². The molecule has 1 saturated heterocycles. The van der Waals surface area contributed by atoms with Crippen molar-refractivity contribution in [1.82, 2.24) is 0 Å². The van der Waals surface area contributed by atoms with E-state index in [-0.39, 0.29) is 5.91 Å². The number of carbonyl (C=O) groups is 1. The third-order valence-electron chi connectivity index (χ3n) is 3.73. The van der Waals surface area contributed by atoms with Crippen LogP contribution in [0.5, 0.6) is 11.5 Å². The molecule has 0 aromatic heterocycles. The number of methoxy groups -OCH3 is 1. The SMILES string of the molecule is CCOc1c(Br)cc(/C=C2\SC(=S)N(c3ccc(OC)cc3)C2=O)cc1Br. The van der Waals surface area contributed by atoms with Crippen LogP contribution < -0.4 is 14.4 Å². The topological polar surface area (TPSA) is 38.8 Å². The van der Waals surface area contributed by atoms with Crippen LogP contribution in [-0.2, 0) is 4.79 Å². The summed E-state index contributed by atoms with van der Waals surface area (Å²) in [6.45, 7) is 2.49. The zero-order valence-electron chi connectivity index (χ0n) is 14.5. The maximum atomic E-state index is 12.9. The van der Waals surface area contributed by atoms with E-state index in [2.05, 4.69) is 31.9 Å². The largest absolute Gasteiger partial charge is 0.497 e. The summed E-state index contributed by atoms with van der Waals surface area (Å²) in [5.74, 6) is 1.32.